The van der Waals surface area contributed by atoms with Crippen molar-refractivity contribution in [1.82, 2.24) is 4.72 Å². The molecule has 134 valence electrons. The SMILES string of the molecule is CCNS(=O)(=O)c1cc(C(=O)Nc2ccc(F)cc2)ccc1OCC. The maximum absolute atomic E-state index is 12.9. The second kappa shape index (κ2) is 8.09. The topological polar surface area (TPSA) is 84.5 Å². The number of halogens is 1. The van der Waals surface area contributed by atoms with E-state index in [9.17, 15) is 17.6 Å². The van der Waals surface area contributed by atoms with Crippen molar-refractivity contribution >= 4 is 21.6 Å². The number of anilines is 1. The molecule has 8 heteroatoms. The predicted octanol–water partition coefficient (Wildman–Crippen LogP) is 2.77. The van der Waals surface area contributed by atoms with Crippen molar-refractivity contribution in [3.63, 3.8) is 0 Å². The van der Waals surface area contributed by atoms with Crippen molar-refractivity contribution in [2.24, 2.45) is 0 Å². The van der Waals surface area contributed by atoms with Crippen LogP contribution in [0.2, 0.25) is 0 Å². The molecule has 1 amide bonds. The summed E-state index contributed by atoms with van der Waals surface area (Å²) in [5.74, 6) is -0.762. The van der Waals surface area contributed by atoms with Crippen molar-refractivity contribution in [1.29, 1.82) is 0 Å². The zero-order valence-electron chi connectivity index (χ0n) is 13.9. The van der Waals surface area contributed by atoms with Gasteiger partial charge >= 0.3 is 0 Å². The molecule has 0 fully saturated rings. The quantitative estimate of drug-likeness (QED) is 0.789. The predicted molar refractivity (Wildman–Crippen MR) is 92.8 cm³/mol. The molecule has 6 nitrogen and oxygen atoms in total. The van der Waals surface area contributed by atoms with Gasteiger partial charge in [0.15, 0.2) is 0 Å². The van der Waals surface area contributed by atoms with Gasteiger partial charge in [-0.3, -0.25) is 4.79 Å². The van der Waals surface area contributed by atoms with Gasteiger partial charge in [0.1, 0.15) is 16.5 Å². The standard InChI is InChI=1S/C17H19FN2O4S/c1-3-19-25(22,23)16-11-12(5-10-15(16)24-4-2)17(21)20-14-8-6-13(18)7-9-14/h5-11,19H,3-4H2,1-2H3,(H,20,21). The van der Waals surface area contributed by atoms with Gasteiger partial charge in [0, 0.05) is 17.8 Å². The molecular formula is C17H19FN2O4S. The lowest BCUT2D eigenvalue weighted by molar-refractivity contribution is 0.102. The Morgan fingerprint density at radius 3 is 2.40 bits per heavy atom. The molecule has 0 unspecified atom stereocenters. The molecule has 0 atom stereocenters. The van der Waals surface area contributed by atoms with Gasteiger partial charge in [-0.05, 0) is 49.4 Å². The van der Waals surface area contributed by atoms with Crippen LogP contribution in [0.3, 0.4) is 0 Å². The largest absolute Gasteiger partial charge is 0.492 e. The Morgan fingerprint density at radius 2 is 1.80 bits per heavy atom. The highest BCUT2D eigenvalue weighted by molar-refractivity contribution is 7.89. The van der Waals surface area contributed by atoms with Gasteiger partial charge in [-0.15, -0.1) is 0 Å². The summed E-state index contributed by atoms with van der Waals surface area (Å²) < 4.78 is 45.3. The van der Waals surface area contributed by atoms with E-state index in [4.69, 9.17) is 4.74 Å². The lowest BCUT2D eigenvalue weighted by atomic mass is 10.2. The zero-order chi connectivity index (χ0) is 18.4. The van der Waals surface area contributed by atoms with Gasteiger partial charge in [-0.2, -0.15) is 0 Å². The first-order chi connectivity index (χ1) is 11.9. The van der Waals surface area contributed by atoms with Gasteiger partial charge in [0.05, 0.1) is 6.61 Å². The molecule has 2 aromatic rings. The molecule has 2 rings (SSSR count). The number of amides is 1. The lowest BCUT2D eigenvalue weighted by Gasteiger charge is -2.13. The maximum atomic E-state index is 12.9. The van der Waals surface area contributed by atoms with Gasteiger partial charge in [0.25, 0.3) is 5.91 Å². The number of nitrogens with one attached hydrogen (secondary N) is 2. The minimum Gasteiger partial charge on any atom is -0.492 e. The van der Waals surface area contributed by atoms with Crippen molar-refractivity contribution in [2.75, 3.05) is 18.5 Å². The van der Waals surface area contributed by atoms with Crippen molar-refractivity contribution in [2.45, 2.75) is 18.7 Å². The van der Waals surface area contributed by atoms with Crippen LogP contribution in [-0.4, -0.2) is 27.5 Å². The summed E-state index contributed by atoms with van der Waals surface area (Å²) in [5.41, 5.74) is 0.542. The maximum Gasteiger partial charge on any atom is 0.255 e. The number of rotatable bonds is 7. The summed E-state index contributed by atoms with van der Waals surface area (Å²) in [6.07, 6.45) is 0. The first-order valence-electron chi connectivity index (χ1n) is 7.70. The fourth-order valence-electron chi connectivity index (χ4n) is 2.14. The van der Waals surface area contributed by atoms with Crippen molar-refractivity contribution in [3.05, 3.63) is 53.8 Å². The minimum atomic E-state index is -3.80. The van der Waals surface area contributed by atoms with Crippen LogP contribution in [0.4, 0.5) is 10.1 Å². The van der Waals surface area contributed by atoms with Crippen molar-refractivity contribution in [3.8, 4) is 5.75 Å². The van der Waals surface area contributed by atoms with Crippen LogP contribution in [0.5, 0.6) is 5.75 Å². The molecule has 0 aliphatic heterocycles. The molecule has 0 aromatic heterocycles. The molecule has 0 saturated carbocycles. The molecule has 0 spiro atoms. The van der Waals surface area contributed by atoms with E-state index in [2.05, 4.69) is 10.0 Å². The van der Waals surface area contributed by atoms with E-state index in [1.807, 2.05) is 0 Å². The summed E-state index contributed by atoms with van der Waals surface area (Å²) in [5, 5.41) is 2.59. The average Bonchev–Trinajstić information content (AvgIpc) is 2.57. The highest BCUT2D eigenvalue weighted by atomic mass is 32.2. The molecule has 0 aliphatic carbocycles. The Hall–Kier alpha value is -2.45. The third-order valence-corrected chi connectivity index (χ3v) is 4.80. The first kappa shape index (κ1) is 18.9. The highest BCUT2D eigenvalue weighted by Gasteiger charge is 2.21. The number of carbonyl (C=O) groups excluding carboxylic acids is 1. The van der Waals surface area contributed by atoms with Crippen LogP contribution in [0.25, 0.3) is 0 Å². The van der Waals surface area contributed by atoms with Crippen LogP contribution in [0.1, 0.15) is 24.2 Å². The fraction of sp³-hybridized carbons (Fsp3) is 0.235. The smallest absolute Gasteiger partial charge is 0.255 e. The van der Waals surface area contributed by atoms with Crippen LogP contribution in [-0.2, 0) is 10.0 Å². The summed E-state index contributed by atoms with van der Waals surface area (Å²) >= 11 is 0. The lowest BCUT2D eigenvalue weighted by Crippen LogP contribution is -2.24. The van der Waals surface area contributed by atoms with E-state index in [0.29, 0.717) is 5.69 Å². The van der Waals surface area contributed by atoms with Crippen LogP contribution < -0.4 is 14.8 Å². The van der Waals surface area contributed by atoms with E-state index < -0.39 is 21.7 Å². The summed E-state index contributed by atoms with van der Waals surface area (Å²) in [4.78, 5) is 12.2. The van der Waals surface area contributed by atoms with E-state index in [1.165, 1.54) is 42.5 Å². The number of hydrogen-bond acceptors (Lipinski definition) is 4. The molecular weight excluding hydrogens is 347 g/mol. The molecule has 0 radical (unpaired) electrons. The van der Waals surface area contributed by atoms with Crippen LogP contribution in [0.15, 0.2) is 47.4 Å². The number of carbonyl (C=O) groups is 1. The van der Waals surface area contributed by atoms with Gasteiger partial charge in [-0.1, -0.05) is 6.92 Å². The highest BCUT2D eigenvalue weighted by Crippen LogP contribution is 2.25. The number of ether oxygens (including phenoxy) is 1. The molecule has 0 heterocycles. The Kier molecular flexibility index (Phi) is 6.11. The Morgan fingerprint density at radius 1 is 1.12 bits per heavy atom. The number of hydrogen-bond donors (Lipinski definition) is 2. The minimum absolute atomic E-state index is 0.108. The Bertz CT molecular complexity index is 851. The Balaban J connectivity index is 2.35. The van der Waals surface area contributed by atoms with Gasteiger partial charge in [0.2, 0.25) is 10.0 Å². The second-order valence-electron chi connectivity index (χ2n) is 5.06. The Labute approximate surface area is 146 Å². The van der Waals surface area contributed by atoms with Crippen LogP contribution in [0, 0.1) is 5.82 Å². The fourth-order valence-corrected chi connectivity index (χ4v) is 3.35. The molecule has 0 aliphatic rings. The molecule has 0 saturated heterocycles. The third-order valence-electron chi connectivity index (χ3n) is 3.23. The molecule has 25 heavy (non-hydrogen) atoms. The normalized spacial score (nSPS) is 11.2. The number of sulfonamides is 1. The molecule has 2 aromatic carbocycles. The first-order valence-corrected chi connectivity index (χ1v) is 9.19. The average molecular weight is 366 g/mol. The zero-order valence-corrected chi connectivity index (χ0v) is 14.7. The van der Waals surface area contributed by atoms with E-state index in [1.54, 1.807) is 13.8 Å². The molecule has 0 bridgehead atoms. The van der Waals surface area contributed by atoms with Gasteiger partial charge < -0.3 is 10.1 Å². The molecule has 2 N–H and O–H groups in total. The third kappa shape index (κ3) is 4.77. The summed E-state index contributed by atoms with van der Waals surface area (Å²) in [7, 11) is -3.80. The van der Waals surface area contributed by atoms with Crippen LogP contribution >= 0.6 is 0 Å². The van der Waals surface area contributed by atoms with E-state index in [0.717, 1.165) is 0 Å². The van der Waals surface area contributed by atoms with E-state index in [-0.39, 0.29) is 29.4 Å². The monoisotopic (exact) mass is 366 g/mol. The summed E-state index contributed by atoms with van der Waals surface area (Å²) in [6.45, 7) is 3.89. The summed E-state index contributed by atoms with van der Waals surface area (Å²) in [6, 6.07) is 9.42. The number of benzene rings is 2. The van der Waals surface area contributed by atoms with Crippen molar-refractivity contribution < 1.29 is 22.3 Å². The van der Waals surface area contributed by atoms with E-state index >= 15 is 0 Å². The van der Waals surface area contributed by atoms with Gasteiger partial charge in [-0.25, -0.2) is 17.5 Å². The second-order valence-corrected chi connectivity index (χ2v) is 6.79.